The lowest BCUT2D eigenvalue weighted by Crippen LogP contribution is -2.33. The fourth-order valence-corrected chi connectivity index (χ4v) is 2.68. The van der Waals surface area contributed by atoms with Crippen LogP contribution in [-0.4, -0.2) is 16.7 Å². The molecule has 2 atom stereocenters. The van der Waals surface area contributed by atoms with Gasteiger partial charge in [0.1, 0.15) is 0 Å². The van der Waals surface area contributed by atoms with Crippen LogP contribution >= 0.6 is 0 Å². The standard InChI is InChI=1S/C14H17NO3/c16-14(11-6-2-1-3-7-11)10-12-8-4-5-9-13(12)15(17)18/h1-3,6-7,12-13H,4-5,8-10H2/t12-,13+/m1/s1. The van der Waals surface area contributed by atoms with Crippen LogP contribution < -0.4 is 0 Å². The van der Waals surface area contributed by atoms with Crippen molar-refractivity contribution in [2.45, 2.75) is 38.1 Å². The van der Waals surface area contributed by atoms with Gasteiger partial charge in [-0.25, -0.2) is 0 Å². The third-order valence-electron chi connectivity index (χ3n) is 3.68. The van der Waals surface area contributed by atoms with E-state index in [4.69, 9.17) is 0 Å². The van der Waals surface area contributed by atoms with Gasteiger partial charge in [0.2, 0.25) is 6.04 Å². The van der Waals surface area contributed by atoms with E-state index >= 15 is 0 Å². The van der Waals surface area contributed by atoms with Crippen molar-refractivity contribution in [3.05, 3.63) is 46.0 Å². The van der Waals surface area contributed by atoms with Crippen molar-refractivity contribution in [3.8, 4) is 0 Å². The molecule has 0 bridgehead atoms. The minimum absolute atomic E-state index is 0.0225. The van der Waals surface area contributed by atoms with Gasteiger partial charge in [-0.1, -0.05) is 36.8 Å². The van der Waals surface area contributed by atoms with Crippen LogP contribution in [0.3, 0.4) is 0 Å². The molecule has 0 saturated heterocycles. The summed E-state index contributed by atoms with van der Waals surface area (Å²) in [4.78, 5) is 22.8. The SMILES string of the molecule is O=C(C[C@H]1CCCC[C@@H]1[N+](=O)[O-])c1ccccc1. The number of rotatable bonds is 4. The van der Waals surface area contributed by atoms with Gasteiger partial charge < -0.3 is 0 Å². The Bertz CT molecular complexity index is 430. The van der Waals surface area contributed by atoms with Gasteiger partial charge in [0, 0.05) is 29.2 Å². The first-order chi connectivity index (χ1) is 8.68. The Kier molecular flexibility index (Phi) is 4.07. The second-order valence-corrected chi connectivity index (χ2v) is 4.89. The average Bonchev–Trinajstić information content (AvgIpc) is 2.40. The van der Waals surface area contributed by atoms with Crippen molar-refractivity contribution < 1.29 is 9.72 Å². The number of benzene rings is 1. The van der Waals surface area contributed by atoms with E-state index in [1.807, 2.05) is 18.2 Å². The number of ketones is 1. The monoisotopic (exact) mass is 247 g/mol. The van der Waals surface area contributed by atoms with Gasteiger partial charge in [-0.2, -0.15) is 0 Å². The number of carbonyl (C=O) groups excluding carboxylic acids is 1. The van der Waals surface area contributed by atoms with E-state index in [2.05, 4.69) is 0 Å². The molecule has 0 aliphatic heterocycles. The molecule has 0 radical (unpaired) electrons. The van der Waals surface area contributed by atoms with Crippen LogP contribution in [0.4, 0.5) is 0 Å². The Morgan fingerprint density at radius 1 is 1.22 bits per heavy atom. The van der Waals surface area contributed by atoms with Crippen LogP contribution in [-0.2, 0) is 0 Å². The summed E-state index contributed by atoms with van der Waals surface area (Å²) in [6.07, 6.45) is 3.61. The quantitative estimate of drug-likeness (QED) is 0.466. The van der Waals surface area contributed by atoms with Crippen molar-refractivity contribution in [1.82, 2.24) is 0 Å². The molecule has 0 spiro atoms. The molecule has 96 valence electrons. The normalized spacial score (nSPS) is 23.6. The van der Waals surface area contributed by atoms with Crippen LogP contribution in [0.15, 0.2) is 30.3 Å². The van der Waals surface area contributed by atoms with E-state index in [1.54, 1.807) is 12.1 Å². The Labute approximate surface area is 106 Å². The lowest BCUT2D eigenvalue weighted by atomic mass is 9.81. The smallest absolute Gasteiger partial charge is 0.216 e. The zero-order chi connectivity index (χ0) is 13.0. The number of nitrogens with zero attached hydrogens (tertiary/aromatic N) is 1. The molecule has 1 aromatic carbocycles. The number of hydrogen-bond acceptors (Lipinski definition) is 3. The molecule has 2 rings (SSSR count). The van der Waals surface area contributed by atoms with E-state index in [-0.39, 0.29) is 16.6 Å². The zero-order valence-corrected chi connectivity index (χ0v) is 10.2. The maximum atomic E-state index is 12.1. The highest BCUT2D eigenvalue weighted by molar-refractivity contribution is 5.96. The van der Waals surface area contributed by atoms with Crippen LogP contribution in [0.25, 0.3) is 0 Å². The molecule has 1 aromatic rings. The van der Waals surface area contributed by atoms with Gasteiger partial charge in [-0.15, -0.1) is 0 Å². The van der Waals surface area contributed by atoms with Gasteiger partial charge in [0.05, 0.1) is 0 Å². The Morgan fingerprint density at radius 2 is 1.89 bits per heavy atom. The zero-order valence-electron chi connectivity index (χ0n) is 10.2. The molecule has 0 N–H and O–H groups in total. The van der Waals surface area contributed by atoms with E-state index in [0.717, 1.165) is 19.3 Å². The minimum atomic E-state index is -0.536. The van der Waals surface area contributed by atoms with Gasteiger partial charge >= 0.3 is 0 Å². The van der Waals surface area contributed by atoms with Gasteiger partial charge in [0.25, 0.3) is 0 Å². The van der Waals surface area contributed by atoms with Crippen LogP contribution in [0, 0.1) is 16.0 Å². The maximum Gasteiger partial charge on any atom is 0.216 e. The molecule has 4 nitrogen and oxygen atoms in total. The molecule has 1 fully saturated rings. The van der Waals surface area contributed by atoms with Crippen molar-refractivity contribution in [3.63, 3.8) is 0 Å². The third-order valence-corrected chi connectivity index (χ3v) is 3.68. The summed E-state index contributed by atoms with van der Waals surface area (Å²) in [6, 6.07) is 8.50. The Morgan fingerprint density at radius 3 is 2.56 bits per heavy atom. The van der Waals surface area contributed by atoms with E-state index in [0.29, 0.717) is 18.4 Å². The highest BCUT2D eigenvalue weighted by Crippen LogP contribution is 2.29. The summed E-state index contributed by atoms with van der Waals surface area (Å²) >= 11 is 0. The number of hydrogen-bond donors (Lipinski definition) is 0. The van der Waals surface area contributed by atoms with Crippen molar-refractivity contribution >= 4 is 5.78 Å². The first-order valence-corrected chi connectivity index (χ1v) is 6.40. The predicted molar refractivity (Wildman–Crippen MR) is 68.1 cm³/mol. The van der Waals surface area contributed by atoms with Crippen LogP contribution in [0.2, 0.25) is 0 Å². The lowest BCUT2D eigenvalue weighted by molar-refractivity contribution is -0.535. The largest absolute Gasteiger partial charge is 0.294 e. The molecule has 0 amide bonds. The van der Waals surface area contributed by atoms with Crippen molar-refractivity contribution in [1.29, 1.82) is 0 Å². The molecule has 0 unspecified atom stereocenters. The number of Topliss-reactive ketones (excluding diaryl/α,β-unsaturated/α-hetero) is 1. The molecular weight excluding hydrogens is 230 g/mol. The molecule has 0 heterocycles. The predicted octanol–water partition coefficient (Wildman–Crippen LogP) is 3.09. The fraction of sp³-hybridized carbons (Fsp3) is 0.500. The van der Waals surface area contributed by atoms with E-state index < -0.39 is 6.04 Å². The van der Waals surface area contributed by atoms with Gasteiger partial charge in [-0.05, 0) is 12.8 Å². The van der Waals surface area contributed by atoms with Crippen molar-refractivity contribution in [2.75, 3.05) is 0 Å². The van der Waals surface area contributed by atoms with Gasteiger partial charge in [-0.3, -0.25) is 14.9 Å². The van der Waals surface area contributed by atoms with Crippen molar-refractivity contribution in [2.24, 2.45) is 5.92 Å². The summed E-state index contributed by atoms with van der Waals surface area (Å²) < 4.78 is 0. The molecule has 1 saturated carbocycles. The maximum absolute atomic E-state index is 12.1. The topological polar surface area (TPSA) is 60.2 Å². The molecular formula is C14H17NO3. The minimum Gasteiger partial charge on any atom is -0.294 e. The fourth-order valence-electron chi connectivity index (χ4n) is 2.68. The summed E-state index contributed by atoms with van der Waals surface area (Å²) in [6.45, 7) is 0. The first kappa shape index (κ1) is 12.7. The summed E-state index contributed by atoms with van der Waals surface area (Å²) in [5, 5.41) is 11.0. The summed E-state index contributed by atoms with van der Waals surface area (Å²) in [7, 11) is 0. The van der Waals surface area contributed by atoms with E-state index in [9.17, 15) is 14.9 Å². The second-order valence-electron chi connectivity index (χ2n) is 4.89. The summed E-state index contributed by atoms with van der Waals surface area (Å²) in [5.74, 6) is -0.0733. The molecule has 18 heavy (non-hydrogen) atoms. The highest BCUT2D eigenvalue weighted by atomic mass is 16.6. The Hall–Kier alpha value is -1.71. The molecule has 0 aromatic heterocycles. The average molecular weight is 247 g/mol. The van der Waals surface area contributed by atoms with Crippen LogP contribution in [0.5, 0.6) is 0 Å². The molecule has 1 aliphatic rings. The first-order valence-electron chi connectivity index (χ1n) is 6.40. The van der Waals surface area contributed by atoms with E-state index in [1.165, 1.54) is 0 Å². The highest BCUT2D eigenvalue weighted by Gasteiger charge is 2.35. The molecule has 4 heteroatoms. The summed E-state index contributed by atoms with van der Waals surface area (Å²) in [5.41, 5.74) is 0.658. The number of nitro groups is 1. The lowest BCUT2D eigenvalue weighted by Gasteiger charge is -2.24. The second kappa shape index (κ2) is 5.76. The van der Waals surface area contributed by atoms with Gasteiger partial charge in [0.15, 0.2) is 5.78 Å². The number of carbonyl (C=O) groups is 1. The third kappa shape index (κ3) is 2.94. The molecule has 1 aliphatic carbocycles. The van der Waals surface area contributed by atoms with Crippen LogP contribution in [0.1, 0.15) is 42.5 Å². The Balaban J connectivity index is 2.03.